The Morgan fingerprint density at radius 3 is 2.41 bits per heavy atom. The van der Waals surface area contributed by atoms with Crippen LogP contribution in [0.1, 0.15) is 5.56 Å². The van der Waals surface area contributed by atoms with Crippen LogP contribution in [0.2, 0.25) is 0 Å². The minimum Gasteiger partial charge on any atom is -0.463 e. The average molecular weight is 363 g/mol. The molecule has 1 N–H and O–H groups in total. The third-order valence-corrected chi connectivity index (χ3v) is 4.62. The van der Waals surface area contributed by atoms with Crippen LogP contribution < -0.4 is 10.2 Å². The molecule has 3 aromatic rings. The number of nitrogens with one attached hydrogen (secondary N) is 1. The van der Waals surface area contributed by atoms with E-state index in [4.69, 9.17) is 4.42 Å². The number of aryl methyl sites for hydroxylation is 1. The number of rotatable bonds is 3. The molecule has 1 aromatic carbocycles. The van der Waals surface area contributed by atoms with Crippen LogP contribution in [0.15, 0.2) is 59.2 Å². The molecule has 0 unspecified atom stereocenters. The van der Waals surface area contributed by atoms with Gasteiger partial charge in [-0.1, -0.05) is 17.7 Å². The van der Waals surface area contributed by atoms with Crippen LogP contribution in [0.25, 0.3) is 11.5 Å². The number of anilines is 2. The van der Waals surface area contributed by atoms with Crippen LogP contribution in [0, 0.1) is 6.92 Å². The van der Waals surface area contributed by atoms with Gasteiger partial charge in [0.1, 0.15) is 5.69 Å². The van der Waals surface area contributed by atoms with Crippen LogP contribution in [0.4, 0.5) is 16.3 Å². The summed E-state index contributed by atoms with van der Waals surface area (Å²) in [6.45, 7) is 4.74. The predicted molar refractivity (Wildman–Crippen MR) is 104 cm³/mol. The number of carbonyl (C=O) groups excluding carboxylic acids is 1. The SMILES string of the molecule is Cc1ccc(NC(=O)N2CCN(c3ccc(-c4ccco4)nn3)CC2)cc1. The summed E-state index contributed by atoms with van der Waals surface area (Å²) in [6, 6.07) is 15.2. The van der Waals surface area contributed by atoms with Gasteiger partial charge in [0.15, 0.2) is 11.6 Å². The number of benzene rings is 1. The lowest BCUT2D eigenvalue weighted by molar-refractivity contribution is 0.208. The quantitative estimate of drug-likeness (QED) is 0.772. The second kappa shape index (κ2) is 7.49. The number of piperazine rings is 1. The Morgan fingerprint density at radius 2 is 1.78 bits per heavy atom. The normalized spacial score (nSPS) is 14.3. The molecule has 27 heavy (non-hydrogen) atoms. The van der Waals surface area contributed by atoms with Gasteiger partial charge in [0.25, 0.3) is 0 Å². The third kappa shape index (κ3) is 3.92. The van der Waals surface area contributed by atoms with E-state index in [9.17, 15) is 4.79 Å². The minimum atomic E-state index is -0.0715. The van der Waals surface area contributed by atoms with Gasteiger partial charge in [-0.05, 0) is 43.3 Å². The number of nitrogens with zero attached hydrogens (tertiary/aromatic N) is 4. The van der Waals surface area contributed by atoms with E-state index in [1.807, 2.05) is 60.4 Å². The van der Waals surface area contributed by atoms with E-state index in [2.05, 4.69) is 20.4 Å². The van der Waals surface area contributed by atoms with Crippen LogP contribution >= 0.6 is 0 Å². The van der Waals surface area contributed by atoms with E-state index in [-0.39, 0.29) is 6.03 Å². The molecule has 1 fully saturated rings. The average Bonchev–Trinajstić information content (AvgIpc) is 3.25. The lowest BCUT2D eigenvalue weighted by atomic mass is 10.2. The van der Waals surface area contributed by atoms with Crippen LogP contribution in [-0.4, -0.2) is 47.3 Å². The summed E-state index contributed by atoms with van der Waals surface area (Å²) in [7, 11) is 0. The summed E-state index contributed by atoms with van der Waals surface area (Å²) in [6.07, 6.45) is 1.62. The van der Waals surface area contributed by atoms with Gasteiger partial charge >= 0.3 is 6.03 Å². The highest BCUT2D eigenvalue weighted by molar-refractivity contribution is 5.89. The maximum atomic E-state index is 12.4. The zero-order valence-electron chi connectivity index (χ0n) is 15.1. The summed E-state index contributed by atoms with van der Waals surface area (Å²) < 4.78 is 5.33. The largest absolute Gasteiger partial charge is 0.463 e. The number of furan rings is 1. The molecule has 1 saturated heterocycles. The van der Waals surface area contributed by atoms with Crippen molar-refractivity contribution >= 4 is 17.5 Å². The Labute approximate surface area is 157 Å². The van der Waals surface area contributed by atoms with Gasteiger partial charge in [0.2, 0.25) is 0 Å². The molecule has 4 rings (SSSR count). The zero-order chi connectivity index (χ0) is 18.6. The van der Waals surface area contributed by atoms with Gasteiger partial charge in [0, 0.05) is 31.9 Å². The van der Waals surface area contributed by atoms with Crippen molar-refractivity contribution in [1.29, 1.82) is 0 Å². The molecule has 0 bridgehead atoms. The Bertz CT molecular complexity index is 883. The first-order chi connectivity index (χ1) is 13.2. The van der Waals surface area contributed by atoms with E-state index in [0.29, 0.717) is 24.5 Å². The highest BCUT2D eigenvalue weighted by atomic mass is 16.3. The fourth-order valence-corrected chi connectivity index (χ4v) is 3.03. The van der Waals surface area contributed by atoms with Crippen molar-refractivity contribution in [3.05, 3.63) is 60.4 Å². The van der Waals surface area contributed by atoms with Crippen LogP contribution in [0.5, 0.6) is 0 Å². The molecule has 1 aliphatic heterocycles. The van der Waals surface area contributed by atoms with Gasteiger partial charge in [-0.2, -0.15) is 0 Å². The number of hydrogen-bond donors (Lipinski definition) is 1. The molecule has 0 radical (unpaired) electrons. The van der Waals surface area contributed by atoms with Gasteiger partial charge in [-0.25, -0.2) is 4.79 Å². The van der Waals surface area contributed by atoms with E-state index in [1.54, 1.807) is 6.26 Å². The van der Waals surface area contributed by atoms with Crippen molar-refractivity contribution < 1.29 is 9.21 Å². The van der Waals surface area contributed by atoms with Crippen molar-refractivity contribution in [2.45, 2.75) is 6.92 Å². The number of hydrogen-bond acceptors (Lipinski definition) is 5. The van der Waals surface area contributed by atoms with E-state index in [0.717, 1.165) is 24.6 Å². The molecule has 2 amide bonds. The standard InChI is InChI=1S/C20H21N5O2/c1-15-4-6-16(7-5-15)21-20(26)25-12-10-24(11-13-25)19-9-8-17(22-23-19)18-3-2-14-27-18/h2-9,14H,10-13H2,1H3,(H,21,26). The Hall–Kier alpha value is -3.35. The topological polar surface area (TPSA) is 74.5 Å². The maximum absolute atomic E-state index is 12.4. The number of amides is 2. The number of carbonyl (C=O) groups is 1. The Balaban J connectivity index is 1.33. The molecule has 7 nitrogen and oxygen atoms in total. The summed E-state index contributed by atoms with van der Waals surface area (Å²) >= 11 is 0. The molecule has 0 spiro atoms. The molecule has 7 heteroatoms. The van der Waals surface area contributed by atoms with E-state index >= 15 is 0 Å². The lowest BCUT2D eigenvalue weighted by Gasteiger charge is -2.35. The number of urea groups is 1. The summed E-state index contributed by atoms with van der Waals surface area (Å²) in [4.78, 5) is 16.4. The first kappa shape index (κ1) is 17.1. The highest BCUT2D eigenvalue weighted by Gasteiger charge is 2.22. The van der Waals surface area contributed by atoms with Crippen LogP contribution in [0.3, 0.4) is 0 Å². The third-order valence-electron chi connectivity index (χ3n) is 4.62. The highest BCUT2D eigenvalue weighted by Crippen LogP contribution is 2.20. The van der Waals surface area contributed by atoms with Gasteiger partial charge in [0.05, 0.1) is 6.26 Å². The lowest BCUT2D eigenvalue weighted by Crippen LogP contribution is -2.50. The Kier molecular flexibility index (Phi) is 4.74. The molecule has 0 aliphatic carbocycles. The second-order valence-corrected chi connectivity index (χ2v) is 6.52. The van der Waals surface area contributed by atoms with Crippen LogP contribution in [-0.2, 0) is 0 Å². The van der Waals surface area contributed by atoms with Crippen molar-refractivity contribution in [3.8, 4) is 11.5 Å². The molecule has 0 atom stereocenters. The van der Waals surface area contributed by atoms with E-state index in [1.165, 1.54) is 5.56 Å². The van der Waals surface area contributed by atoms with Gasteiger partial charge in [-0.15, -0.1) is 10.2 Å². The second-order valence-electron chi connectivity index (χ2n) is 6.52. The summed E-state index contributed by atoms with van der Waals surface area (Å²) in [5.41, 5.74) is 2.69. The van der Waals surface area contributed by atoms with Crippen molar-refractivity contribution in [3.63, 3.8) is 0 Å². The first-order valence-electron chi connectivity index (χ1n) is 8.94. The monoisotopic (exact) mass is 363 g/mol. The molecule has 0 saturated carbocycles. The number of aromatic nitrogens is 2. The molecule has 138 valence electrons. The first-order valence-corrected chi connectivity index (χ1v) is 8.94. The molecule has 2 aromatic heterocycles. The smallest absolute Gasteiger partial charge is 0.321 e. The van der Waals surface area contributed by atoms with Crippen molar-refractivity contribution in [2.24, 2.45) is 0 Å². The molecule has 3 heterocycles. The molecular weight excluding hydrogens is 342 g/mol. The minimum absolute atomic E-state index is 0.0715. The maximum Gasteiger partial charge on any atom is 0.321 e. The fourth-order valence-electron chi connectivity index (χ4n) is 3.03. The van der Waals surface area contributed by atoms with Crippen molar-refractivity contribution in [2.75, 3.05) is 36.4 Å². The van der Waals surface area contributed by atoms with Crippen molar-refractivity contribution in [1.82, 2.24) is 15.1 Å². The fraction of sp³-hybridized carbons (Fsp3) is 0.250. The zero-order valence-corrected chi connectivity index (χ0v) is 15.1. The van der Waals surface area contributed by atoms with Gasteiger partial charge in [-0.3, -0.25) is 0 Å². The van der Waals surface area contributed by atoms with Gasteiger partial charge < -0.3 is 19.5 Å². The molecular formula is C20H21N5O2. The summed E-state index contributed by atoms with van der Waals surface area (Å²) in [5.74, 6) is 1.51. The molecule has 1 aliphatic rings. The predicted octanol–water partition coefficient (Wildman–Crippen LogP) is 3.40. The van der Waals surface area contributed by atoms with E-state index < -0.39 is 0 Å². The summed E-state index contributed by atoms with van der Waals surface area (Å²) in [5, 5.41) is 11.5. The Morgan fingerprint density at radius 1 is 1.00 bits per heavy atom.